The maximum Gasteiger partial charge on any atom is 0.0237 e. The van der Waals surface area contributed by atoms with Gasteiger partial charge in [-0.2, -0.15) is 11.8 Å². The summed E-state index contributed by atoms with van der Waals surface area (Å²) in [5, 5.41) is 5.32. The average Bonchev–Trinajstić information content (AvgIpc) is 2.22. The summed E-state index contributed by atoms with van der Waals surface area (Å²) in [6.45, 7) is 15.3. The molecule has 0 aromatic heterocycles. The Labute approximate surface area is 113 Å². The normalized spacial score (nSPS) is 30.5. The van der Waals surface area contributed by atoms with Gasteiger partial charge < -0.3 is 5.32 Å². The minimum Gasteiger partial charge on any atom is -0.313 e. The molecule has 0 amide bonds. The van der Waals surface area contributed by atoms with E-state index in [4.69, 9.17) is 0 Å². The minimum atomic E-state index is 0.461. The molecule has 0 aromatic rings. The van der Waals surface area contributed by atoms with Crippen LogP contribution in [0.4, 0.5) is 0 Å². The number of thioether (sulfide) groups is 1. The van der Waals surface area contributed by atoms with Crippen LogP contribution in [0, 0.1) is 11.3 Å². The van der Waals surface area contributed by atoms with Gasteiger partial charge in [0.05, 0.1) is 0 Å². The third-order valence-electron chi connectivity index (χ3n) is 4.28. The zero-order chi connectivity index (χ0) is 13.1. The fourth-order valence-corrected chi connectivity index (χ4v) is 4.58. The average molecular weight is 257 g/mol. The van der Waals surface area contributed by atoms with Gasteiger partial charge >= 0.3 is 0 Å². The number of nitrogens with one attached hydrogen (secondary N) is 1. The highest BCUT2D eigenvalue weighted by atomic mass is 32.2. The van der Waals surface area contributed by atoms with E-state index in [1.165, 1.54) is 19.3 Å². The monoisotopic (exact) mass is 257 g/mol. The molecule has 1 saturated carbocycles. The Balaban J connectivity index is 2.67. The molecule has 102 valence electrons. The molecule has 17 heavy (non-hydrogen) atoms. The smallest absolute Gasteiger partial charge is 0.0237 e. The Bertz CT molecular complexity index is 225. The lowest BCUT2D eigenvalue weighted by Gasteiger charge is -2.45. The molecule has 1 aliphatic carbocycles. The molecule has 1 fully saturated rings. The molecule has 2 heteroatoms. The van der Waals surface area contributed by atoms with Gasteiger partial charge in [-0.25, -0.2) is 0 Å². The van der Waals surface area contributed by atoms with Crippen molar-refractivity contribution in [3.63, 3.8) is 0 Å². The van der Waals surface area contributed by atoms with Crippen LogP contribution in [0.1, 0.15) is 60.8 Å². The Hall–Kier alpha value is 0.310. The Morgan fingerprint density at radius 1 is 1.29 bits per heavy atom. The number of hydrogen-bond acceptors (Lipinski definition) is 2. The van der Waals surface area contributed by atoms with Crippen LogP contribution in [0.5, 0.6) is 0 Å². The van der Waals surface area contributed by atoms with Crippen LogP contribution in [-0.2, 0) is 0 Å². The summed E-state index contributed by atoms with van der Waals surface area (Å²) in [6.07, 6.45) is 4.16. The fourth-order valence-electron chi connectivity index (χ4n) is 2.79. The highest BCUT2D eigenvalue weighted by Gasteiger charge is 2.39. The number of hydrogen-bond donors (Lipinski definition) is 1. The van der Waals surface area contributed by atoms with Crippen molar-refractivity contribution in [1.29, 1.82) is 0 Å². The molecule has 0 bridgehead atoms. The molecule has 1 rings (SSSR count). The first-order valence-electron chi connectivity index (χ1n) is 7.27. The third kappa shape index (κ3) is 4.17. The molecule has 0 spiro atoms. The predicted octanol–water partition coefficient (Wildman–Crippen LogP) is 4.32. The molecule has 1 nitrogen and oxygen atoms in total. The molecular formula is C15H31NS. The summed E-state index contributed by atoms with van der Waals surface area (Å²) >= 11 is 2.22. The van der Waals surface area contributed by atoms with Gasteiger partial charge in [-0.15, -0.1) is 0 Å². The first kappa shape index (κ1) is 15.4. The van der Waals surface area contributed by atoms with E-state index in [0.29, 0.717) is 11.5 Å². The second-order valence-electron chi connectivity index (χ2n) is 6.54. The highest BCUT2D eigenvalue weighted by Crippen LogP contribution is 2.42. The van der Waals surface area contributed by atoms with Gasteiger partial charge in [0, 0.05) is 16.5 Å². The zero-order valence-corrected chi connectivity index (χ0v) is 13.4. The van der Waals surface area contributed by atoms with Crippen molar-refractivity contribution >= 4 is 11.8 Å². The SMILES string of the molecule is CCNC1C(SC(C)C(C)C)CCCC1(C)C. The summed E-state index contributed by atoms with van der Waals surface area (Å²) in [7, 11) is 0. The fraction of sp³-hybridized carbons (Fsp3) is 1.00. The summed E-state index contributed by atoms with van der Waals surface area (Å²) in [6, 6.07) is 0.687. The van der Waals surface area contributed by atoms with Crippen LogP contribution in [0.25, 0.3) is 0 Å². The van der Waals surface area contributed by atoms with Crippen molar-refractivity contribution < 1.29 is 0 Å². The van der Waals surface area contributed by atoms with E-state index < -0.39 is 0 Å². The van der Waals surface area contributed by atoms with Gasteiger partial charge in [-0.05, 0) is 30.7 Å². The molecule has 1 N–H and O–H groups in total. The molecule has 1 aliphatic rings. The van der Waals surface area contributed by atoms with Crippen molar-refractivity contribution in [1.82, 2.24) is 5.32 Å². The Kier molecular flexibility index (Phi) is 5.85. The quantitative estimate of drug-likeness (QED) is 0.787. The molecule has 0 aliphatic heterocycles. The third-order valence-corrected chi connectivity index (χ3v) is 6.11. The Morgan fingerprint density at radius 3 is 2.47 bits per heavy atom. The summed E-state index contributed by atoms with van der Waals surface area (Å²) in [5.74, 6) is 0.785. The van der Waals surface area contributed by atoms with Gasteiger partial charge in [-0.1, -0.05) is 48.0 Å². The maximum atomic E-state index is 3.75. The predicted molar refractivity (Wildman–Crippen MR) is 80.8 cm³/mol. The molecule has 0 radical (unpaired) electrons. The van der Waals surface area contributed by atoms with Gasteiger partial charge in [0.1, 0.15) is 0 Å². The van der Waals surface area contributed by atoms with Crippen molar-refractivity contribution in [2.45, 2.75) is 77.3 Å². The molecule has 0 saturated heterocycles. The maximum absolute atomic E-state index is 3.75. The van der Waals surface area contributed by atoms with Crippen LogP contribution in [-0.4, -0.2) is 23.1 Å². The van der Waals surface area contributed by atoms with Crippen molar-refractivity contribution in [3.8, 4) is 0 Å². The lowest BCUT2D eigenvalue weighted by Crippen LogP contribution is -2.51. The van der Waals surface area contributed by atoms with E-state index in [9.17, 15) is 0 Å². The molecule has 0 aromatic carbocycles. The van der Waals surface area contributed by atoms with E-state index in [0.717, 1.165) is 23.0 Å². The van der Waals surface area contributed by atoms with E-state index in [1.807, 2.05) is 0 Å². The second-order valence-corrected chi connectivity index (χ2v) is 8.16. The van der Waals surface area contributed by atoms with Crippen LogP contribution in [0.3, 0.4) is 0 Å². The highest BCUT2D eigenvalue weighted by molar-refractivity contribution is 8.00. The second kappa shape index (κ2) is 6.47. The zero-order valence-electron chi connectivity index (χ0n) is 12.5. The van der Waals surface area contributed by atoms with Gasteiger partial charge in [0.2, 0.25) is 0 Å². The van der Waals surface area contributed by atoms with Crippen LogP contribution < -0.4 is 5.32 Å². The van der Waals surface area contributed by atoms with Gasteiger partial charge in [0.25, 0.3) is 0 Å². The van der Waals surface area contributed by atoms with Gasteiger partial charge in [-0.3, -0.25) is 0 Å². The molecule has 3 atom stereocenters. The van der Waals surface area contributed by atoms with Crippen molar-refractivity contribution in [2.24, 2.45) is 11.3 Å². The molecule has 0 heterocycles. The lowest BCUT2D eigenvalue weighted by molar-refractivity contribution is 0.176. The van der Waals surface area contributed by atoms with Crippen molar-refractivity contribution in [3.05, 3.63) is 0 Å². The van der Waals surface area contributed by atoms with Crippen LogP contribution >= 0.6 is 11.8 Å². The summed E-state index contributed by atoms with van der Waals surface area (Å²) in [5.41, 5.74) is 0.461. The van der Waals surface area contributed by atoms with E-state index >= 15 is 0 Å². The first-order valence-corrected chi connectivity index (χ1v) is 8.21. The van der Waals surface area contributed by atoms with Crippen LogP contribution in [0.2, 0.25) is 0 Å². The van der Waals surface area contributed by atoms with Gasteiger partial charge in [0.15, 0.2) is 0 Å². The summed E-state index contributed by atoms with van der Waals surface area (Å²) < 4.78 is 0. The largest absolute Gasteiger partial charge is 0.313 e. The molecule has 3 unspecified atom stereocenters. The van der Waals surface area contributed by atoms with E-state index in [2.05, 4.69) is 58.6 Å². The lowest BCUT2D eigenvalue weighted by atomic mass is 9.73. The standard InChI is InChI=1S/C15H31NS/c1-7-16-14-13(17-12(4)11(2)3)9-8-10-15(14,5)6/h11-14,16H,7-10H2,1-6H3. The summed E-state index contributed by atoms with van der Waals surface area (Å²) in [4.78, 5) is 0. The first-order chi connectivity index (χ1) is 7.88. The van der Waals surface area contributed by atoms with E-state index in [1.54, 1.807) is 0 Å². The Morgan fingerprint density at radius 2 is 1.94 bits per heavy atom. The number of rotatable bonds is 5. The van der Waals surface area contributed by atoms with E-state index in [-0.39, 0.29) is 0 Å². The molecular weight excluding hydrogens is 226 g/mol. The topological polar surface area (TPSA) is 12.0 Å². The minimum absolute atomic E-state index is 0.461. The van der Waals surface area contributed by atoms with Crippen LogP contribution in [0.15, 0.2) is 0 Å². The van der Waals surface area contributed by atoms with Crippen molar-refractivity contribution in [2.75, 3.05) is 6.54 Å².